The Hall–Kier alpha value is -1.09. The van der Waals surface area contributed by atoms with Crippen molar-refractivity contribution in [3.8, 4) is 6.07 Å². The van der Waals surface area contributed by atoms with Crippen LogP contribution in [0.2, 0.25) is 0 Å². The van der Waals surface area contributed by atoms with Gasteiger partial charge in [0.25, 0.3) is 0 Å². The number of hydrogen-bond acceptors (Lipinski definition) is 4. The van der Waals surface area contributed by atoms with Gasteiger partial charge in [-0.15, -0.1) is 11.3 Å². The maximum absolute atomic E-state index is 8.75. The molecule has 5 heteroatoms. The van der Waals surface area contributed by atoms with E-state index >= 15 is 0 Å². The molecule has 0 atom stereocenters. The van der Waals surface area contributed by atoms with Crippen LogP contribution in [-0.2, 0) is 9.31 Å². The van der Waals surface area contributed by atoms with Crippen LogP contribution in [-0.4, -0.2) is 18.3 Å². The molecule has 1 aromatic rings. The van der Waals surface area contributed by atoms with Gasteiger partial charge in [0.05, 0.1) is 11.2 Å². The predicted octanol–water partition coefficient (Wildman–Crippen LogP) is 3.26. The molecule has 0 N–H and O–H groups in total. The van der Waals surface area contributed by atoms with E-state index in [2.05, 4.69) is 6.07 Å². The summed E-state index contributed by atoms with van der Waals surface area (Å²) in [7, 11) is -0.331. The summed E-state index contributed by atoms with van der Waals surface area (Å²) in [4.78, 5) is 1.74. The fraction of sp³-hybridized carbons (Fsp3) is 0.462. The van der Waals surface area contributed by atoms with E-state index in [1.54, 1.807) is 0 Å². The van der Waals surface area contributed by atoms with Crippen LogP contribution in [0.5, 0.6) is 0 Å². The van der Waals surface area contributed by atoms with Gasteiger partial charge >= 0.3 is 7.12 Å². The predicted molar refractivity (Wildman–Crippen MR) is 74.2 cm³/mol. The van der Waals surface area contributed by atoms with Gasteiger partial charge in [0, 0.05) is 4.88 Å². The average molecular weight is 261 g/mol. The largest absolute Gasteiger partial charge is 0.487 e. The maximum atomic E-state index is 8.75. The van der Waals surface area contributed by atoms with Crippen molar-refractivity contribution < 1.29 is 9.31 Å². The molecule has 1 aromatic heterocycles. The van der Waals surface area contributed by atoms with Crippen LogP contribution in [0.3, 0.4) is 0 Å². The topological polar surface area (TPSA) is 42.2 Å². The van der Waals surface area contributed by atoms with Gasteiger partial charge in [-0.3, -0.25) is 0 Å². The fourth-order valence-electron chi connectivity index (χ4n) is 1.64. The number of thiophene rings is 1. The van der Waals surface area contributed by atoms with Crippen molar-refractivity contribution in [1.82, 2.24) is 0 Å². The first-order valence-electron chi connectivity index (χ1n) is 5.88. The molecule has 1 fully saturated rings. The fourth-order valence-corrected chi connectivity index (χ4v) is 2.36. The Morgan fingerprint density at radius 3 is 2.33 bits per heavy atom. The van der Waals surface area contributed by atoms with Crippen molar-refractivity contribution in [2.45, 2.75) is 38.9 Å². The van der Waals surface area contributed by atoms with Gasteiger partial charge in [-0.1, -0.05) is 12.1 Å². The Morgan fingerprint density at radius 1 is 1.22 bits per heavy atom. The highest BCUT2D eigenvalue weighted by Crippen LogP contribution is 2.37. The number of hydrogen-bond donors (Lipinski definition) is 0. The Bertz CT molecular complexity index is 497. The van der Waals surface area contributed by atoms with E-state index in [1.165, 1.54) is 11.3 Å². The highest BCUT2D eigenvalue weighted by molar-refractivity contribution is 7.13. The molecular formula is C13H16BNO2S. The van der Waals surface area contributed by atoms with E-state index in [0.717, 1.165) is 4.88 Å². The Kier molecular flexibility index (Phi) is 3.37. The molecule has 3 nitrogen and oxygen atoms in total. The Labute approximate surface area is 112 Å². The Balaban J connectivity index is 2.06. The summed E-state index contributed by atoms with van der Waals surface area (Å²) in [5, 5.41) is 8.75. The van der Waals surface area contributed by atoms with Crippen molar-refractivity contribution in [2.24, 2.45) is 0 Å². The summed E-state index contributed by atoms with van der Waals surface area (Å²) in [6.45, 7) is 8.11. The zero-order valence-electron chi connectivity index (χ0n) is 11.1. The van der Waals surface area contributed by atoms with Crippen LogP contribution >= 0.6 is 11.3 Å². The first kappa shape index (κ1) is 13.3. The molecule has 0 amide bonds. The van der Waals surface area contributed by atoms with Crippen LogP contribution in [0.4, 0.5) is 0 Å². The van der Waals surface area contributed by atoms with Crippen molar-refractivity contribution in [3.63, 3.8) is 0 Å². The highest BCUT2D eigenvalue weighted by atomic mass is 32.1. The quantitative estimate of drug-likeness (QED) is 0.767. The lowest BCUT2D eigenvalue weighted by atomic mass is 9.90. The number of nitrogens with zero attached hydrogens (tertiary/aromatic N) is 1. The summed E-state index contributed by atoms with van der Waals surface area (Å²) < 4.78 is 11.7. The first-order valence-corrected chi connectivity index (χ1v) is 6.69. The summed E-state index contributed by atoms with van der Waals surface area (Å²) in [5.74, 6) is 1.89. The minimum atomic E-state index is -0.331. The summed E-state index contributed by atoms with van der Waals surface area (Å²) in [6.07, 6.45) is 1.94. The van der Waals surface area contributed by atoms with Gasteiger partial charge in [-0.25, -0.2) is 0 Å². The van der Waals surface area contributed by atoms with Crippen molar-refractivity contribution in [2.75, 3.05) is 0 Å². The minimum Gasteiger partial charge on any atom is -0.400 e. The van der Waals surface area contributed by atoms with Gasteiger partial charge in [-0.2, -0.15) is 5.26 Å². The zero-order valence-corrected chi connectivity index (χ0v) is 11.9. The minimum absolute atomic E-state index is 0.310. The van der Waals surface area contributed by atoms with E-state index in [1.807, 2.05) is 51.9 Å². The molecule has 0 radical (unpaired) electrons. The maximum Gasteiger partial charge on any atom is 0.487 e. The molecule has 0 aliphatic carbocycles. The van der Waals surface area contributed by atoms with Gasteiger partial charge in [-0.05, 0) is 39.8 Å². The third-order valence-electron chi connectivity index (χ3n) is 3.43. The molecule has 1 aliphatic rings. The SMILES string of the molecule is CC1(C)OB(/C=C/c2ccc(C#N)s2)OC1(C)C. The molecule has 18 heavy (non-hydrogen) atoms. The monoisotopic (exact) mass is 261 g/mol. The van der Waals surface area contributed by atoms with Crippen molar-refractivity contribution in [1.29, 1.82) is 5.26 Å². The summed E-state index contributed by atoms with van der Waals surface area (Å²) >= 11 is 1.46. The first-order chi connectivity index (χ1) is 8.34. The van der Waals surface area contributed by atoms with Crippen LogP contribution in [0.1, 0.15) is 37.4 Å². The van der Waals surface area contributed by atoms with Gasteiger partial charge < -0.3 is 9.31 Å². The molecule has 1 aliphatic heterocycles. The van der Waals surface area contributed by atoms with Crippen LogP contribution < -0.4 is 0 Å². The average Bonchev–Trinajstić information content (AvgIpc) is 2.79. The van der Waals surface area contributed by atoms with E-state index in [4.69, 9.17) is 14.6 Å². The van der Waals surface area contributed by atoms with E-state index in [-0.39, 0.29) is 18.3 Å². The van der Waals surface area contributed by atoms with E-state index in [0.29, 0.717) is 4.88 Å². The molecular weight excluding hydrogens is 245 g/mol. The normalized spacial score (nSPS) is 21.4. The lowest BCUT2D eigenvalue weighted by molar-refractivity contribution is 0.00578. The highest BCUT2D eigenvalue weighted by Gasteiger charge is 2.49. The Morgan fingerprint density at radius 2 is 1.83 bits per heavy atom. The zero-order chi connectivity index (χ0) is 13.4. The summed E-state index contributed by atoms with van der Waals surface area (Å²) in [6, 6.07) is 5.86. The smallest absolute Gasteiger partial charge is 0.400 e. The lowest BCUT2D eigenvalue weighted by Gasteiger charge is -2.32. The third kappa shape index (κ3) is 2.51. The molecule has 0 bridgehead atoms. The second-order valence-electron chi connectivity index (χ2n) is 5.30. The van der Waals surface area contributed by atoms with E-state index < -0.39 is 0 Å². The standard InChI is InChI=1S/C13H16BNO2S/c1-12(2)13(3,4)17-14(16-12)8-7-10-5-6-11(9-15)18-10/h5-8H,1-4H3/b8-7+. The van der Waals surface area contributed by atoms with Gasteiger partial charge in [0.15, 0.2) is 0 Å². The molecule has 0 aromatic carbocycles. The van der Waals surface area contributed by atoms with Crippen LogP contribution in [0.15, 0.2) is 18.1 Å². The molecule has 2 heterocycles. The molecule has 1 saturated heterocycles. The van der Waals surface area contributed by atoms with Crippen molar-refractivity contribution in [3.05, 3.63) is 27.9 Å². The molecule has 0 unspecified atom stereocenters. The molecule has 0 spiro atoms. The van der Waals surface area contributed by atoms with Crippen LogP contribution in [0, 0.1) is 11.3 Å². The molecule has 94 valence electrons. The number of rotatable bonds is 2. The second kappa shape index (κ2) is 4.54. The second-order valence-corrected chi connectivity index (χ2v) is 6.41. The molecule has 2 rings (SSSR count). The molecule has 0 saturated carbocycles. The van der Waals surface area contributed by atoms with Gasteiger partial charge in [0.1, 0.15) is 10.9 Å². The summed E-state index contributed by atoms with van der Waals surface area (Å²) in [5.41, 5.74) is -0.620. The van der Waals surface area contributed by atoms with Crippen LogP contribution in [0.25, 0.3) is 6.08 Å². The van der Waals surface area contributed by atoms with Crippen molar-refractivity contribution >= 4 is 24.5 Å². The lowest BCUT2D eigenvalue weighted by Crippen LogP contribution is -2.41. The third-order valence-corrected chi connectivity index (χ3v) is 4.38. The number of nitriles is 1. The van der Waals surface area contributed by atoms with E-state index in [9.17, 15) is 0 Å². The van der Waals surface area contributed by atoms with Gasteiger partial charge in [0.2, 0.25) is 0 Å².